The van der Waals surface area contributed by atoms with Crippen molar-refractivity contribution in [3.05, 3.63) is 51.1 Å². The van der Waals surface area contributed by atoms with Gasteiger partial charge in [-0.05, 0) is 31.0 Å². The molecule has 3 aromatic rings. The number of ether oxygens (including phenoxy) is 2. The third-order valence-corrected chi connectivity index (χ3v) is 5.35. The molecule has 0 atom stereocenters. The predicted molar refractivity (Wildman–Crippen MR) is 105 cm³/mol. The van der Waals surface area contributed by atoms with E-state index < -0.39 is 5.76 Å². The molecule has 1 aliphatic carbocycles. The zero-order valence-electron chi connectivity index (χ0n) is 16.1. The molecule has 1 saturated carbocycles. The summed E-state index contributed by atoms with van der Waals surface area (Å²) in [7, 11) is 1.63. The molecule has 2 aromatic heterocycles. The van der Waals surface area contributed by atoms with Crippen LogP contribution >= 0.6 is 11.6 Å². The Bertz CT molecular complexity index is 1020. The standard InChI is InChI=1S/C20H22ClN3O5/c1-26-10-16-17(28-19(22-16)12-5-3-2-4-6-12)11-27-13-7-8-14(15(21)9-13)18-23-20(25)29-24-18/h7-9,12H,2-6,10-11H2,1H3,(H,23,24,25). The Kier molecular flexibility index (Phi) is 6.01. The van der Waals surface area contributed by atoms with Gasteiger partial charge in [0.15, 0.2) is 17.5 Å². The second-order valence-corrected chi connectivity index (χ2v) is 7.47. The number of halogens is 1. The van der Waals surface area contributed by atoms with Crippen molar-refractivity contribution in [3.8, 4) is 17.1 Å². The van der Waals surface area contributed by atoms with Crippen molar-refractivity contribution in [2.45, 2.75) is 51.2 Å². The maximum absolute atomic E-state index is 11.1. The molecule has 0 amide bonds. The summed E-state index contributed by atoms with van der Waals surface area (Å²) in [5.41, 5.74) is 1.31. The van der Waals surface area contributed by atoms with Gasteiger partial charge in [0.2, 0.25) is 0 Å². The van der Waals surface area contributed by atoms with Gasteiger partial charge in [-0.15, -0.1) is 0 Å². The molecule has 0 saturated heterocycles. The third-order valence-electron chi connectivity index (χ3n) is 5.04. The van der Waals surface area contributed by atoms with Crippen LogP contribution < -0.4 is 10.5 Å². The highest BCUT2D eigenvalue weighted by molar-refractivity contribution is 6.33. The van der Waals surface area contributed by atoms with E-state index in [0.29, 0.717) is 34.6 Å². The van der Waals surface area contributed by atoms with Crippen LogP contribution in [0.3, 0.4) is 0 Å². The Morgan fingerprint density at radius 2 is 2.07 bits per heavy atom. The first-order valence-electron chi connectivity index (χ1n) is 9.60. The summed E-state index contributed by atoms with van der Waals surface area (Å²) in [6.45, 7) is 0.586. The monoisotopic (exact) mass is 419 g/mol. The van der Waals surface area contributed by atoms with Crippen LogP contribution in [0.25, 0.3) is 11.4 Å². The number of H-pyrrole nitrogens is 1. The van der Waals surface area contributed by atoms with Gasteiger partial charge in [-0.3, -0.25) is 9.51 Å². The van der Waals surface area contributed by atoms with Gasteiger partial charge in [0.1, 0.15) is 18.1 Å². The Hall–Kier alpha value is -2.58. The van der Waals surface area contributed by atoms with E-state index in [1.54, 1.807) is 25.3 Å². The van der Waals surface area contributed by atoms with Crippen LogP contribution in [0.2, 0.25) is 5.02 Å². The smallest absolute Gasteiger partial charge is 0.439 e. The Balaban J connectivity index is 1.48. The lowest BCUT2D eigenvalue weighted by atomic mass is 9.89. The van der Waals surface area contributed by atoms with Crippen LogP contribution in [-0.4, -0.2) is 22.2 Å². The number of hydrogen-bond donors (Lipinski definition) is 1. The van der Waals surface area contributed by atoms with E-state index >= 15 is 0 Å². The van der Waals surface area contributed by atoms with Gasteiger partial charge in [0.25, 0.3) is 0 Å². The van der Waals surface area contributed by atoms with E-state index in [1.165, 1.54) is 19.3 Å². The summed E-state index contributed by atoms with van der Waals surface area (Å²) in [5.74, 6) is 1.99. The Morgan fingerprint density at radius 3 is 2.76 bits per heavy atom. The molecule has 0 aliphatic heterocycles. The van der Waals surface area contributed by atoms with E-state index in [-0.39, 0.29) is 12.4 Å². The maximum Gasteiger partial charge on any atom is 0.439 e. The second-order valence-electron chi connectivity index (χ2n) is 7.06. The zero-order chi connectivity index (χ0) is 20.2. The Morgan fingerprint density at radius 1 is 1.24 bits per heavy atom. The third kappa shape index (κ3) is 4.54. The molecule has 8 nitrogen and oxygen atoms in total. The molecule has 2 heterocycles. The van der Waals surface area contributed by atoms with Gasteiger partial charge in [-0.25, -0.2) is 9.78 Å². The van der Waals surface area contributed by atoms with Crippen molar-refractivity contribution in [2.24, 2.45) is 0 Å². The quantitative estimate of drug-likeness (QED) is 0.603. The van der Waals surface area contributed by atoms with Crippen LogP contribution in [0.1, 0.15) is 55.4 Å². The minimum Gasteiger partial charge on any atom is -0.486 e. The largest absolute Gasteiger partial charge is 0.486 e. The Labute approximate surface area is 172 Å². The minimum absolute atomic E-state index is 0.217. The van der Waals surface area contributed by atoms with Crippen molar-refractivity contribution in [1.82, 2.24) is 15.1 Å². The van der Waals surface area contributed by atoms with Crippen LogP contribution in [0.15, 0.2) is 31.9 Å². The van der Waals surface area contributed by atoms with Crippen molar-refractivity contribution in [2.75, 3.05) is 7.11 Å². The molecule has 0 spiro atoms. The summed E-state index contributed by atoms with van der Waals surface area (Å²) >= 11 is 6.30. The molecule has 1 N–H and O–H groups in total. The molecule has 154 valence electrons. The molecule has 4 rings (SSSR count). The van der Waals surface area contributed by atoms with Crippen LogP contribution in [0, 0.1) is 0 Å². The van der Waals surface area contributed by atoms with E-state index in [2.05, 4.69) is 19.6 Å². The van der Waals surface area contributed by atoms with Crippen LogP contribution in [0.5, 0.6) is 5.75 Å². The average molecular weight is 420 g/mol. The number of benzene rings is 1. The first-order chi connectivity index (χ1) is 14.1. The molecule has 0 unspecified atom stereocenters. The van der Waals surface area contributed by atoms with Crippen LogP contribution in [0.4, 0.5) is 0 Å². The number of aromatic amines is 1. The molecule has 1 aliphatic rings. The number of nitrogens with zero attached hydrogens (tertiary/aromatic N) is 2. The van der Waals surface area contributed by atoms with E-state index in [0.717, 1.165) is 24.4 Å². The SMILES string of the molecule is COCc1nc(C2CCCCC2)oc1COc1ccc(-c2noc(=O)[nH]2)c(Cl)c1. The molecule has 1 aromatic carbocycles. The fraction of sp³-hybridized carbons (Fsp3) is 0.450. The molecule has 1 fully saturated rings. The lowest BCUT2D eigenvalue weighted by Crippen LogP contribution is -2.04. The van der Waals surface area contributed by atoms with E-state index in [4.69, 9.17) is 25.5 Å². The highest BCUT2D eigenvalue weighted by Crippen LogP contribution is 2.34. The summed E-state index contributed by atoms with van der Waals surface area (Å²) < 4.78 is 21.7. The molecular weight excluding hydrogens is 398 g/mol. The highest BCUT2D eigenvalue weighted by atomic mass is 35.5. The lowest BCUT2D eigenvalue weighted by molar-refractivity contribution is 0.176. The number of nitrogens with one attached hydrogen (secondary N) is 1. The first kappa shape index (κ1) is 19.7. The zero-order valence-corrected chi connectivity index (χ0v) is 16.8. The number of aromatic nitrogens is 3. The van der Waals surface area contributed by atoms with Gasteiger partial charge in [0.05, 0.1) is 11.6 Å². The lowest BCUT2D eigenvalue weighted by Gasteiger charge is -2.17. The fourth-order valence-electron chi connectivity index (χ4n) is 3.56. The minimum atomic E-state index is -0.638. The second kappa shape index (κ2) is 8.84. The van der Waals surface area contributed by atoms with Gasteiger partial charge < -0.3 is 13.9 Å². The molecule has 29 heavy (non-hydrogen) atoms. The predicted octanol–water partition coefficient (Wildman–Crippen LogP) is 4.44. The van der Waals surface area contributed by atoms with Crippen molar-refractivity contribution in [3.63, 3.8) is 0 Å². The topological polar surface area (TPSA) is 103 Å². The average Bonchev–Trinajstić information content (AvgIpc) is 3.34. The van der Waals surface area contributed by atoms with E-state index in [1.807, 2.05) is 0 Å². The summed E-state index contributed by atoms with van der Waals surface area (Å²) in [5, 5.41) is 4.02. The van der Waals surface area contributed by atoms with Gasteiger partial charge in [-0.1, -0.05) is 36.0 Å². The normalized spacial score (nSPS) is 15.0. The first-order valence-corrected chi connectivity index (χ1v) is 9.98. The summed E-state index contributed by atoms with van der Waals surface area (Å²) in [6, 6.07) is 5.09. The van der Waals surface area contributed by atoms with Gasteiger partial charge >= 0.3 is 5.76 Å². The van der Waals surface area contributed by atoms with E-state index in [9.17, 15) is 4.79 Å². The van der Waals surface area contributed by atoms with Crippen molar-refractivity contribution >= 4 is 11.6 Å². The van der Waals surface area contributed by atoms with Gasteiger partial charge in [0, 0.05) is 18.6 Å². The van der Waals surface area contributed by atoms with Crippen molar-refractivity contribution in [1.29, 1.82) is 0 Å². The highest BCUT2D eigenvalue weighted by Gasteiger charge is 2.23. The van der Waals surface area contributed by atoms with Crippen molar-refractivity contribution < 1.29 is 18.4 Å². The number of hydrogen-bond acceptors (Lipinski definition) is 7. The number of rotatable bonds is 7. The van der Waals surface area contributed by atoms with Crippen LogP contribution in [-0.2, 0) is 18.0 Å². The number of oxazole rings is 1. The molecule has 0 bridgehead atoms. The molecule has 9 heteroatoms. The summed E-state index contributed by atoms with van der Waals surface area (Å²) in [6.07, 6.45) is 5.90. The summed E-state index contributed by atoms with van der Waals surface area (Å²) in [4.78, 5) is 18.3. The van der Waals surface area contributed by atoms with Gasteiger partial charge in [-0.2, -0.15) is 0 Å². The molecule has 0 radical (unpaired) electrons. The fourth-order valence-corrected chi connectivity index (χ4v) is 3.82. The molecular formula is C20H22ClN3O5. The number of methoxy groups -OCH3 is 1. The maximum atomic E-state index is 11.1.